The second-order valence-corrected chi connectivity index (χ2v) is 3.75. The van der Waals surface area contributed by atoms with E-state index in [9.17, 15) is 9.59 Å². The molecule has 1 amide bonds. The summed E-state index contributed by atoms with van der Waals surface area (Å²) in [6.45, 7) is 0. The molecule has 0 spiro atoms. The van der Waals surface area contributed by atoms with Crippen LogP contribution >= 0.6 is 0 Å². The Morgan fingerprint density at radius 3 is 2.88 bits per heavy atom. The summed E-state index contributed by atoms with van der Waals surface area (Å²) in [5.74, 6) is -0.719. The second kappa shape index (κ2) is 4.06. The highest BCUT2D eigenvalue weighted by Crippen LogP contribution is 2.18. The number of aromatic nitrogens is 1. The molecule has 2 aromatic rings. The van der Waals surface area contributed by atoms with Gasteiger partial charge in [-0.2, -0.15) is 0 Å². The topological polar surface area (TPSA) is 90.3 Å². The predicted octanol–water partition coefficient (Wildman–Crippen LogP) is -0.123. The number of aryl methyl sites for hydroxylation is 1. The van der Waals surface area contributed by atoms with Crippen molar-refractivity contribution in [3.05, 3.63) is 34.3 Å². The number of oxazole rings is 1. The van der Waals surface area contributed by atoms with Gasteiger partial charge in [0, 0.05) is 14.1 Å². The molecule has 0 bridgehead atoms. The Bertz CT molecular complexity index is 626. The van der Waals surface area contributed by atoms with Crippen molar-refractivity contribution in [3.8, 4) is 0 Å². The highest BCUT2D eigenvalue weighted by molar-refractivity contribution is 5.84. The normalized spacial score (nSPS) is 12.6. The third kappa shape index (κ3) is 1.83. The molecule has 1 aromatic heterocycles. The first-order valence-electron chi connectivity index (χ1n) is 5.11. The van der Waals surface area contributed by atoms with Gasteiger partial charge in [0.15, 0.2) is 5.58 Å². The zero-order valence-electron chi connectivity index (χ0n) is 9.56. The number of hydrogen-bond acceptors (Lipinski definition) is 4. The fourth-order valence-electron chi connectivity index (χ4n) is 1.64. The number of benzene rings is 1. The van der Waals surface area contributed by atoms with Crippen molar-refractivity contribution in [1.82, 2.24) is 9.88 Å². The van der Waals surface area contributed by atoms with E-state index in [0.29, 0.717) is 16.7 Å². The molecule has 3 N–H and O–H groups in total. The van der Waals surface area contributed by atoms with Crippen molar-refractivity contribution in [3.63, 3.8) is 0 Å². The molecular formula is C11H13N3O3. The zero-order chi connectivity index (χ0) is 12.6. The number of likely N-dealkylation sites (N-methyl/N-ethyl adjacent to an activating group) is 1. The minimum Gasteiger partial charge on any atom is -0.408 e. The van der Waals surface area contributed by atoms with Crippen molar-refractivity contribution < 1.29 is 9.21 Å². The number of nitrogens with zero attached hydrogens (tertiary/aromatic N) is 1. The van der Waals surface area contributed by atoms with Crippen LogP contribution in [0.15, 0.2) is 27.4 Å². The Labute approximate surface area is 97.0 Å². The smallest absolute Gasteiger partial charge is 0.408 e. The molecule has 6 heteroatoms. The lowest BCUT2D eigenvalue weighted by Gasteiger charge is -2.10. The van der Waals surface area contributed by atoms with Gasteiger partial charge in [-0.25, -0.2) is 4.79 Å². The number of amides is 1. The van der Waals surface area contributed by atoms with E-state index in [4.69, 9.17) is 10.2 Å². The molecular weight excluding hydrogens is 222 g/mol. The van der Waals surface area contributed by atoms with E-state index in [1.54, 1.807) is 25.2 Å². The standard InChI is InChI=1S/C11H13N3O3/c1-13-10(15)9(12)6-3-4-8-7(5-6)14(2)11(16)17-8/h3-5,9H,12H2,1-2H3,(H,13,15). The maximum absolute atomic E-state index is 11.4. The summed E-state index contributed by atoms with van der Waals surface area (Å²) in [6, 6.07) is 4.23. The van der Waals surface area contributed by atoms with Crippen LogP contribution in [-0.4, -0.2) is 17.5 Å². The van der Waals surface area contributed by atoms with Crippen molar-refractivity contribution in [2.24, 2.45) is 12.8 Å². The van der Waals surface area contributed by atoms with Gasteiger partial charge in [0.1, 0.15) is 6.04 Å². The summed E-state index contributed by atoms with van der Waals surface area (Å²) in [4.78, 5) is 22.7. The average molecular weight is 235 g/mol. The van der Waals surface area contributed by atoms with E-state index >= 15 is 0 Å². The summed E-state index contributed by atoms with van der Waals surface area (Å²) < 4.78 is 6.36. The molecule has 0 aliphatic rings. The van der Waals surface area contributed by atoms with E-state index in [1.165, 1.54) is 11.6 Å². The van der Waals surface area contributed by atoms with E-state index in [1.807, 2.05) is 0 Å². The van der Waals surface area contributed by atoms with Crippen LogP contribution in [0.2, 0.25) is 0 Å². The second-order valence-electron chi connectivity index (χ2n) is 3.75. The predicted molar refractivity (Wildman–Crippen MR) is 62.5 cm³/mol. The van der Waals surface area contributed by atoms with Crippen LogP contribution in [0.1, 0.15) is 11.6 Å². The van der Waals surface area contributed by atoms with E-state index < -0.39 is 11.8 Å². The molecule has 0 saturated heterocycles. The number of fused-ring (bicyclic) bond motifs is 1. The van der Waals surface area contributed by atoms with E-state index in [0.717, 1.165) is 0 Å². The largest absolute Gasteiger partial charge is 0.419 e. The van der Waals surface area contributed by atoms with Crippen molar-refractivity contribution >= 4 is 17.0 Å². The Kier molecular flexibility index (Phi) is 2.72. The van der Waals surface area contributed by atoms with Crippen LogP contribution in [0.25, 0.3) is 11.1 Å². The Balaban J connectivity index is 2.54. The number of nitrogens with one attached hydrogen (secondary N) is 1. The number of hydrogen-bond donors (Lipinski definition) is 2. The first-order valence-corrected chi connectivity index (χ1v) is 5.11. The fourth-order valence-corrected chi connectivity index (χ4v) is 1.64. The molecule has 90 valence electrons. The van der Waals surface area contributed by atoms with Gasteiger partial charge in [-0.3, -0.25) is 9.36 Å². The molecule has 6 nitrogen and oxygen atoms in total. The SMILES string of the molecule is CNC(=O)C(N)c1ccc2oc(=O)n(C)c2c1. The van der Waals surface area contributed by atoms with Crippen molar-refractivity contribution in [2.75, 3.05) is 7.05 Å². The molecule has 2 rings (SSSR count). The zero-order valence-corrected chi connectivity index (χ0v) is 9.56. The van der Waals surface area contributed by atoms with Crippen LogP contribution in [0.3, 0.4) is 0 Å². The average Bonchev–Trinajstić information content (AvgIpc) is 2.63. The summed E-state index contributed by atoms with van der Waals surface area (Å²) >= 11 is 0. The lowest BCUT2D eigenvalue weighted by Crippen LogP contribution is -2.31. The first-order chi connectivity index (χ1) is 8.04. The summed E-state index contributed by atoms with van der Waals surface area (Å²) in [5.41, 5.74) is 7.49. The molecule has 0 radical (unpaired) electrons. The quantitative estimate of drug-likeness (QED) is 0.759. The maximum atomic E-state index is 11.4. The monoisotopic (exact) mass is 235 g/mol. The van der Waals surface area contributed by atoms with Crippen LogP contribution in [0.4, 0.5) is 0 Å². The van der Waals surface area contributed by atoms with Gasteiger partial charge in [-0.05, 0) is 17.7 Å². The first kappa shape index (κ1) is 11.4. The summed E-state index contributed by atoms with van der Waals surface area (Å²) in [6.07, 6.45) is 0. The lowest BCUT2D eigenvalue weighted by molar-refractivity contribution is -0.121. The number of carbonyl (C=O) groups is 1. The molecule has 0 aliphatic carbocycles. The van der Waals surface area contributed by atoms with E-state index in [-0.39, 0.29) is 5.91 Å². The highest BCUT2D eigenvalue weighted by Gasteiger charge is 2.16. The molecule has 17 heavy (non-hydrogen) atoms. The minimum atomic E-state index is -0.755. The lowest BCUT2D eigenvalue weighted by atomic mass is 10.1. The van der Waals surface area contributed by atoms with Gasteiger partial charge in [-0.15, -0.1) is 0 Å². The van der Waals surface area contributed by atoms with Crippen LogP contribution in [-0.2, 0) is 11.8 Å². The number of nitrogens with two attached hydrogens (primary N) is 1. The molecule has 0 aliphatic heterocycles. The third-order valence-corrected chi connectivity index (χ3v) is 2.70. The Morgan fingerprint density at radius 2 is 2.24 bits per heavy atom. The molecule has 1 heterocycles. The van der Waals surface area contributed by atoms with Crippen LogP contribution in [0.5, 0.6) is 0 Å². The Morgan fingerprint density at radius 1 is 1.53 bits per heavy atom. The fraction of sp³-hybridized carbons (Fsp3) is 0.273. The molecule has 1 atom stereocenters. The van der Waals surface area contributed by atoms with Crippen LogP contribution < -0.4 is 16.8 Å². The molecule has 0 fully saturated rings. The summed E-state index contributed by atoms with van der Waals surface area (Å²) in [5, 5.41) is 2.48. The molecule has 1 aromatic carbocycles. The van der Waals surface area contributed by atoms with Gasteiger partial charge in [-0.1, -0.05) is 6.07 Å². The maximum Gasteiger partial charge on any atom is 0.419 e. The molecule has 0 saturated carbocycles. The van der Waals surface area contributed by atoms with Gasteiger partial charge < -0.3 is 15.5 Å². The highest BCUT2D eigenvalue weighted by atomic mass is 16.4. The third-order valence-electron chi connectivity index (χ3n) is 2.70. The van der Waals surface area contributed by atoms with Crippen molar-refractivity contribution in [1.29, 1.82) is 0 Å². The number of carbonyl (C=O) groups excluding carboxylic acids is 1. The van der Waals surface area contributed by atoms with Gasteiger partial charge in [0.2, 0.25) is 5.91 Å². The van der Waals surface area contributed by atoms with Crippen LogP contribution in [0, 0.1) is 0 Å². The van der Waals surface area contributed by atoms with Crippen molar-refractivity contribution in [2.45, 2.75) is 6.04 Å². The van der Waals surface area contributed by atoms with Gasteiger partial charge in [0.05, 0.1) is 5.52 Å². The van der Waals surface area contributed by atoms with E-state index in [2.05, 4.69) is 5.32 Å². The molecule has 1 unspecified atom stereocenters. The van der Waals surface area contributed by atoms with Gasteiger partial charge >= 0.3 is 5.76 Å². The minimum absolute atomic E-state index is 0.280. The van der Waals surface area contributed by atoms with Gasteiger partial charge in [0.25, 0.3) is 0 Å². The summed E-state index contributed by atoms with van der Waals surface area (Å²) in [7, 11) is 3.12. The number of rotatable bonds is 2. The Hall–Kier alpha value is -2.08.